The molecule has 1 heterocycles. The minimum absolute atomic E-state index is 0.371. The van der Waals surface area contributed by atoms with E-state index in [1.807, 2.05) is 13.0 Å². The molecule has 104 valence electrons. The lowest BCUT2D eigenvalue weighted by Crippen LogP contribution is -2.19. The van der Waals surface area contributed by atoms with Crippen molar-refractivity contribution in [2.24, 2.45) is 0 Å². The van der Waals surface area contributed by atoms with E-state index in [4.69, 9.17) is 12.2 Å². The minimum atomic E-state index is -0.371. The molecule has 0 atom stereocenters. The molecule has 1 aromatic carbocycles. The number of aryl methyl sites for hydroxylation is 1. The minimum Gasteiger partial charge on any atom is -0.465 e. The molecule has 7 heteroatoms. The summed E-state index contributed by atoms with van der Waals surface area (Å²) in [6, 6.07) is 8.66. The number of esters is 1. The summed E-state index contributed by atoms with van der Waals surface area (Å²) in [7, 11) is 1.35. The summed E-state index contributed by atoms with van der Waals surface area (Å²) >= 11 is 5.17. The molecule has 6 nitrogen and oxygen atoms in total. The maximum atomic E-state index is 11.3. The highest BCUT2D eigenvalue weighted by molar-refractivity contribution is 7.80. The summed E-state index contributed by atoms with van der Waals surface area (Å²) in [5.41, 5.74) is 2.19. The van der Waals surface area contributed by atoms with Crippen LogP contribution < -0.4 is 10.6 Å². The maximum absolute atomic E-state index is 11.3. The smallest absolute Gasteiger partial charge is 0.337 e. The third-order valence-corrected chi connectivity index (χ3v) is 2.72. The molecule has 0 aliphatic rings. The van der Waals surface area contributed by atoms with Gasteiger partial charge in [0.15, 0.2) is 10.9 Å². The van der Waals surface area contributed by atoms with E-state index in [1.54, 1.807) is 24.3 Å². The van der Waals surface area contributed by atoms with Gasteiger partial charge in [-0.15, -0.1) is 0 Å². The Balaban J connectivity index is 1.96. The molecule has 2 rings (SSSR count). The third kappa shape index (κ3) is 3.55. The van der Waals surface area contributed by atoms with Gasteiger partial charge in [0.1, 0.15) is 0 Å². The van der Waals surface area contributed by atoms with E-state index < -0.39 is 0 Å². The zero-order valence-electron chi connectivity index (χ0n) is 11.1. The van der Waals surface area contributed by atoms with Gasteiger partial charge in [0.05, 0.1) is 12.7 Å². The van der Waals surface area contributed by atoms with E-state index >= 15 is 0 Å². The number of nitrogens with one attached hydrogen (secondary N) is 3. The number of benzene rings is 1. The number of anilines is 2. The van der Waals surface area contributed by atoms with Crippen LogP contribution in [-0.4, -0.2) is 28.4 Å². The van der Waals surface area contributed by atoms with Crippen molar-refractivity contribution in [3.8, 4) is 0 Å². The molecule has 0 amide bonds. The maximum Gasteiger partial charge on any atom is 0.337 e. The molecule has 0 spiro atoms. The Hall–Kier alpha value is -2.41. The van der Waals surface area contributed by atoms with Crippen LogP contribution in [-0.2, 0) is 4.74 Å². The Kier molecular flexibility index (Phi) is 4.31. The number of hydrogen-bond donors (Lipinski definition) is 3. The van der Waals surface area contributed by atoms with Crippen molar-refractivity contribution in [3.63, 3.8) is 0 Å². The molecule has 3 N–H and O–H groups in total. The van der Waals surface area contributed by atoms with Crippen LogP contribution in [0.3, 0.4) is 0 Å². The average Bonchev–Trinajstić information content (AvgIpc) is 2.84. The Morgan fingerprint density at radius 3 is 2.55 bits per heavy atom. The summed E-state index contributed by atoms with van der Waals surface area (Å²) in [6.45, 7) is 1.90. The second-order valence-corrected chi connectivity index (χ2v) is 4.49. The normalized spacial score (nSPS) is 9.90. The first-order chi connectivity index (χ1) is 9.58. The van der Waals surface area contributed by atoms with Crippen LogP contribution in [0.2, 0.25) is 0 Å². The van der Waals surface area contributed by atoms with E-state index in [-0.39, 0.29) is 5.97 Å². The van der Waals surface area contributed by atoms with Crippen molar-refractivity contribution in [1.82, 2.24) is 10.2 Å². The van der Waals surface area contributed by atoms with Crippen LogP contribution in [0.4, 0.5) is 11.5 Å². The first-order valence-electron chi connectivity index (χ1n) is 5.87. The van der Waals surface area contributed by atoms with Crippen molar-refractivity contribution in [3.05, 3.63) is 41.6 Å². The van der Waals surface area contributed by atoms with E-state index in [9.17, 15) is 4.79 Å². The van der Waals surface area contributed by atoms with Crippen LogP contribution in [0.1, 0.15) is 16.1 Å². The molecule has 2 aromatic rings. The summed E-state index contributed by atoms with van der Waals surface area (Å²) in [4.78, 5) is 11.3. The lowest BCUT2D eigenvalue weighted by molar-refractivity contribution is 0.0601. The number of hydrogen-bond acceptors (Lipinski definition) is 4. The van der Waals surface area contributed by atoms with Gasteiger partial charge >= 0.3 is 5.97 Å². The fraction of sp³-hybridized carbons (Fsp3) is 0.154. The van der Waals surface area contributed by atoms with Crippen LogP contribution in [0.5, 0.6) is 0 Å². The number of ether oxygens (including phenoxy) is 1. The van der Waals surface area contributed by atoms with Gasteiger partial charge in [-0.05, 0) is 43.4 Å². The highest BCUT2D eigenvalue weighted by Crippen LogP contribution is 2.11. The molecule has 0 aliphatic heterocycles. The molecular formula is C13H14N4O2S. The molecule has 0 saturated heterocycles. The monoisotopic (exact) mass is 290 g/mol. The third-order valence-electron chi connectivity index (χ3n) is 2.51. The zero-order chi connectivity index (χ0) is 14.5. The van der Waals surface area contributed by atoms with Crippen LogP contribution in [0.15, 0.2) is 30.3 Å². The fourth-order valence-electron chi connectivity index (χ4n) is 1.57. The molecule has 0 saturated carbocycles. The Morgan fingerprint density at radius 2 is 2.00 bits per heavy atom. The van der Waals surface area contributed by atoms with Gasteiger partial charge in [0, 0.05) is 17.4 Å². The van der Waals surface area contributed by atoms with Crippen molar-refractivity contribution in [2.45, 2.75) is 6.92 Å². The zero-order valence-corrected chi connectivity index (χ0v) is 11.9. The quantitative estimate of drug-likeness (QED) is 0.595. The van der Waals surface area contributed by atoms with Crippen molar-refractivity contribution < 1.29 is 9.53 Å². The lowest BCUT2D eigenvalue weighted by Gasteiger charge is -2.08. The molecule has 0 bridgehead atoms. The largest absolute Gasteiger partial charge is 0.465 e. The van der Waals surface area contributed by atoms with E-state index in [0.717, 1.165) is 11.4 Å². The Morgan fingerprint density at radius 1 is 1.30 bits per heavy atom. The van der Waals surface area contributed by atoms with Gasteiger partial charge in [-0.3, -0.25) is 5.10 Å². The first-order valence-corrected chi connectivity index (χ1v) is 6.27. The molecule has 20 heavy (non-hydrogen) atoms. The number of aromatic nitrogens is 2. The van der Waals surface area contributed by atoms with Gasteiger partial charge in [-0.25, -0.2) is 4.79 Å². The SMILES string of the molecule is COC(=O)c1ccc(NC(=S)Nc2cc(C)[nH]n2)cc1. The average molecular weight is 290 g/mol. The first kappa shape index (κ1) is 14.0. The molecule has 0 fully saturated rings. The number of nitrogens with zero attached hydrogens (tertiary/aromatic N) is 1. The number of H-pyrrole nitrogens is 1. The summed E-state index contributed by atoms with van der Waals surface area (Å²) < 4.78 is 4.63. The van der Waals surface area contributed by atoms with Crippen LogP contribution in [0, 0.1) is 6.92 Å². The van der Waals surface area contributed by atoms with Crippen molar-refractivity contribution >= 4 is 34.8 Å². The van der Waals surface area contributed by atoms with Crippen molar-refractivity contribution in [1.29, 1.82) is 0 Å². The van der Waals surface area contributed by atoms with Gasteiger partial charge in [0.25, 0.3) is 0 Å². The van der Waals surface area contributed by atoms with Gasteiger partial charge in [0.2, 0.25) is 0 Å². The molecule has 0 unspecified atom stereocenters. The van der Waals surface area contributed by atoms with E-state index in [2.05, 4.69) is 25.6 Å². The van der Waals surface area contributed by atoms with E-state index in [0.29, 0.717) is 16.5 Å². The Labute approximate surface area is 121 Å². The topological polar surface area (TPSA) is 79.0 Å². The predicted molar refractivity (Wildman–Crippen MR) is 80.9 cm³/mol. The lowest BCUT2D eigenvalue weighted by atomic mass is 10.2. The second-order valence-electron chi connectivity index (χ2n) is 4.08. The summed E-state index contributed by atoms with van der Waals surface area (Å²) in [6.07, 6.45) is 0. The number of thiocarbonyl (C=S) groups is 1. The Bertz CT molecular complexity index is 622. The molecule has 0 radical (unpaired) electrons. The number of carbonyl (C=O) groups is 1. The second kappa shape index (κ2) is 6.16. The highest BCUT2D eigenvalue weighted by Gasteiger charge is 2.05. The van der Waals surface area contributed by atoms with Crippen LogP contribution in [0.25, 0.3) is 0 Å². The highest BCUT2D eigenvalue weighted by atomic mass is 32.1. The number of methoxy groups -OCH3 is 1. The number of aromatic amines is 1. The molecular weight excluding hydrogens is 276 g/mol. The molecule has 0 aliphatic carbocycles. The van der Waals surface area contributed by atoms with Gasteiger partial charge in [-0.2, -0.15) is 5.10 Å². The summed E-state index contributed by atoms with van der Waals surface area (Å²) in [5, 5.41) is 13.2. The van der Waals surface area contributed by atoms with Crippen LogP contribution >= 0.6 is 12.2 Å². The standard InChI is InChI=1S/C13H14N4O2S/c1-8-7-11(17-16-8)15-13(20)14-10-5-3-9(4-6-10)12(18)19-2/h3-7H,1-2H3,(H3,14,15,16,17,20). The number of rotatable bonds is 3. The van der Waals surface area contributed by atoms with Crippen molar-refractivity contribution in [2.75, 3.05) is 17.7 Å². The van der Waals surface area contributed by atoms with Gasteiger partial charge < -0.3 is 15.4 Å². The van der Waals surface area contributed by atoms with E-state index in [1.165, 1.54) is 7.11 Å². The number of carbonyl (C=O) groups excluding carboxylic acids is 1. The summed E-state index contributed by atoms with van der Waals surface area (Å²) in [5.74, 6) is 0.274. The van der Waals surface area contributed by atoms with Gasteiger partial charge in [-0.1, -0.05) is 0 Å². The molecule has 1 aromatic heterocycles. The predicted octanol–water partition coefficient (Wildman–Crippen LogP) is 2.31. The fourth-order valence-corrected chi connectivity index (χ4v) is 1.79.